The number of carbonyl (C=O) groups is 1. The lowest BCUT2D eigenvalue weighted by atomic mass is 10.1. The van der Waals surface area contributed by atoms with Gasteiger partial charge in [0.1, 0.15) is 17.4 Å². The van der Waals surface area contributed by atoms with Crippen molar-refractivity contribution in [2.24, 2.45) is 0 Å². The monoisotopic (exact) mass is 458 g/mol. The number of fused-ring (bicyclic) bond motifs is 1. The lowest BCUT2D eigenvalue weighted by Gasteiger charge is -2.12. The minimum Gasteiger partial charge on any atom is -0.497 e. The molecule has 1 amide bonds. The van der Waals surface area contributed by atoms with Crippen molar-refractivity contribution in [3.8, 4) is 17.1 Å². The number of carbonyl (C=O) groups excluding carboxylic acids is 1. The SMILES string of the molecule is COc1ccc(Br)c(C(=O)Nc2cc(-c3nnc4n3CCCCC4)ccc2F)c1. The average molecular weight is 459 g/mol. The van der Waals surface area contributed by atoms with Gasteiger partial charge in [0.05, 0.1) is 18.4 Å². The smallest absolute Gasteiger partial charge is 0.257 e. The molecule has 0 saturated carbocycles. The Balaban J connectivity index is 1.65. The second kappa shape index (κ2) is 8.32. The van der Waals surface area contributed by atoms with Crippen molar-refractivity contribution in [3.05, 3.63) is 58.1 Å². The van der Waals surface area contributed by atoms with Crippen LogP contribution in [0, 0.1) is 5.82 Å². The van der Waals surface area contributed by atoms with Crippen molar-refractivity contribution >= 4 is 27.5 Å². The molecule has 6 nitrogen and oxygen atoms in total. The molecule has 2 aromatic carbocycles. The van der Waals surface area contributed by atoms with E-state index in [2.05, 4.69) is 36.0 Å². The van der Waals surface area contributed by atoms with Gasteiger partial charge in [0.15, 0.2) is 5.82 Å². The van der Waals surface area contributed by atoms with E-state index in [1.807, 2.05) is 0 Å². The van der Waals surface area contributed by atoms with Crippen LogP contribution in [0.2, 0.25) is 0 Å². The van der Waals surface area contributed by atoms with Gasteiger partial charge in [-0.25, -0.2) is 4.39 Å². The predicted molar refractivity (Wildman–Crippen MR) is 112 cm³/mol. The topological polar surface area (TPSA) is 69.0 Å². The number of hydrogen-bond acceptors (Lipinski definition) is 4. The number of benzene rings is 2. The van der Waals surface area contributed by atoms with E-state index in [-0.39, 0.29) is 5.69 Å². The molecule has 0 radical (unpaired) electrons. The Morgan fingerprint density at radius 1 is 1.17 bits per heavy atom. The molecule has 0 spiro atoms. The molecule has 1 aliphatic heterocycles. The minimum absolute atomic E-state index is 0.0909. The van der Waals surface area contributed by atoms with Gasteiger partial charge in [0.25, 0.3) is 5.91 Å². The number of nitrogens with one attached hydrogen (secondary N) is 1. The highest BCUT2D eigenvalue weighted by atomic mass is 79.9. The van der Waals surface area contributed by atoms with Crippen molar-refractivity contribution < 1.29 is 13.9 Å². The normalized spacial score (nSPS) is 13.5. The van der Waals surface area contributed by atoms with Gasteiger partial charge in [0, 0.05) is 23.0 Å². The van der Waals surface area contributed by atoms with E-state index in [0.717, 1.165) is 38.1 Å². The summed E-state index contributed by atoms with van der Waals surface area (Å²) in [5.41, 5.74) is 1.16. The van der Waals surface area contributed by atoms with Crippen LogP contribution in [0.1, 0.15) is 35.4 Å². The van der Waals surface area contributed by atoms with Crippen molar-refractivity contribution in [2.75, 3.05) is 12.4 Å². The molecule has 0 unspecified atom stereocenters. The van der Waals surface area contributed by atoms with Crippen molar-refractivity contribution in [2.45, 2.75) is 32.2 Å². The van der Waals surface area contributed by atoms with Gasteiger partial charge in [-0.1, -0.05) is 6.42 Å². The van der Waals surface area contributed by atoms with Crippen molar-refractivity contribution in [3.63, 3.8) is 0 Å². The lowest BCUT2D eigenvalue weighted by Crippen LogP contribution is -2.14. The Kier molecular flexibility index (Phi) is 5.62. The summed E-state index contributed by atoms with van der Waals surface area (Å²) >= 11 is 3.35. The van der Waals surface area contributed by atoms with Crippen LogP contribution in [0.25, 0.3) is 11.4 Å². The molecule has 1 N–H and O–H groups in total. The quantitative estimate of drug-likeness (QED) is 0.607. The molecule has 1 aromatic heterocycles. The first-order valence-corrected chi connectivity index (χ1v) is 10.2. The summed E-state index contributed by atoms with van der Waals surface area (Å²) in [6.07, 6.45) is 4.20. The highest BCUT2D eigenvalue weighted by molar-refractivity contribution is 9.10. The largest absolute Gasteiger partial charge is 0.497 e. The first-order valence-electron chi connectivity index (χ1n) is 9.43. The molecule has 0 bridgehead atoms. The molecule has 29 heavy (non-hydrogen) atoms. The van der Waals surface area contributed by atoms with Gasteiger partial charge in [-0.3, -0.25) is 4.79 Å². The zero-order valence-electron chi connectivity index (χ0n) is 15.9. The van der Waals surface area contributed by atoms with Crippen molar-refractivity contribution in [1.82, 2.24) is 14.8 Å². The Morgan fingerprint density at radius 2 is 2.03 bits per heavy atom. The molecule has 150 valence electrons. The summed E-state index contributed by atoms with van der Waals surface area (Å²) in [5.74, 6) is 1.23. The number of amides is 1. The number of ether oxygens (including phenoxy) is 1. The highest BCUT2D eigenvalue weighted by Gasteiger charge is 2.19. The maximum atomic E-state index is 14.4. The molecule has 8 heteroatoms. The van der Waals surface area contributed by atoms with Gasteiger partial charge in [-0.05, 0) is 65.2 Å². The number of aryl methyl sites for hydroxylation is 1. The summed E-state index contributed by atoms with van der Waals surface area (Å²) in [6, 6.07) is 9.65. The van der Waals surface area contributed by atoms with E-state index in [1.165, 1.54) is 13.2 Å². The van der Waals surface area contributed by atoms with E-state index in [9.17, 15) is 9.18 Å². The van der Waals surface area contributed by atoms with E-state index >= 15 is 0 Å². The van der Waals surface area contributed by atoms with E-state index in [0.29, 0.717) is 27.2 Å². The van der Waals surface area contributed by atoms with Gasteiger partial charge >= 0.3 is 0 Å². The van der Waals surface area contributed by atoms with Crippen LogP contribution < -0.4 is 10.1 Å². The molecule has 0 aliphatic carbocycles. The predicted octanol–water partition coefficient (Wildman–Crippen LogP) is 4.83. The van der Waals surface area contributed by atoms with Crippen LogP contribution in [-0.4, -0.2) is 27.8 Å². The second-order valence-electron chi connectivity index (χ2n) is 6.90. The van der Waals surface area contributed by atoms with Crippen LogP contribution in [0.3, 0.4) is 0 Å². The summed E-state index contributed by atoms with van der Waals surface area (Å²) in [5, 5.41) is 11.3. The third-order valence-electron chi connectivity index (χ3n) is 5.00. The maximum Gasteiger partial charge on any atom is 0.257 e. The fraction of sp³-hybridized carbons (Fsp3) is 0.286. The van der Waals surface area contributed by atoms with Crippen LogP contribution in [0.5, 0.6) is 5.75 Å². The van der Waals surface area contributed by atoms with Crippen LogP contribution >= 0.6 is 15.9 Å². The Bertz CT molecular complexity index is 1070. The molecule has 4 rings (SSSR count). The number of hydrogen-bond donors (Lipinski definition) is 1. The molecule has 2 heterocycles. The van der Waals surface area contributed by atoms with E-state index in [4.69, 9.17) is 4.74 Å². The molecular formula is C21H20BrFN4O2. The Hall–Kier alpha value is -2.74. The Morgan fingerprint density at radius 3 is 2.86 bits per heavy atom. The summed E-state index contributed by atoms with van der Waals surface area (Å²) in [4.78, 5) is 12.7. The summed E-state index contributed by atoms with van der Waals surface area (Å²) in [6.45, 7) is 0.841. The van der Waals surface area contributed by atoms with Crippen LogP contribution in [-0.2, 0) is 13.0 Å². The zero-order valence-corrected chi connectivity index (χ0v) is 17.5. The second-order valence-corrected chi connectivity index (χ2v) is 7.75. The molecule has 1 aliphatic rings. The van der Waals surface area contributed by atoms with Gasteiger partial charge in [0.2, 0.25) is 0 Å². The lowest BCUT2D eigenvalue weighted by molar-refractivity contribution is 0.102. The number of halogens is 2. The van der Waals surface area contributed by atoms with Gasteiger partial charge in [-0.15, -0.1) is 10.2 Å². The van der Waals surface area contributed by atoms with E-state index < -0.39 is 11.7 Å². The summed E-state index contributed by atoms with van der Waals surface area (Å²) in [7, 11) is 1.52. The fourth-order valence-corrected chi connectivity index (χ4v) is 3.88. The molecule has 0 saturated heterocycles. The first-order chi connectivity index (χ1) is 14.1. The number of nitrogens with zero attached hydrogens (tertiary/aromatic N) is 3. The third kappa shape index (κ3) is 4.03. The number of aromatic nitrogens is 3. The summed E-state index contributed by atoms with van der Waals surface area (Å²) < 4.78 is 22.3. The standard InChI is InChI=1S/C21H20BrFN4O2/c1-29-14-7-8-16(22)15(12-14)21(28)24-18-11-13(6-9-17(18)23)20-26-25-19-5-3-2-4-10-27(19)20/h6-9,11-12H,2-5,10H2,1H3,(H,24,28). The molecule has 3 aromatic rings. The number of rotatable bonds is 4. The third-order valence-corrected chi connectivity index (χ3v) is 5.69. The molecule has 0 atom stereocenters. The Labute approximate surface area is 176 Å². The highest BCUT2D eigenvalue weighted by Crippen LogP contribution is 2.28. The zero-order chi connectivity index (χ0) is 20.4. The number of methoxy groups -OCH3 is 1. The molecule has 0 fully saturated rings. The van der Waals surface area contributed by atoms with Crippen molar-refractivity contribution in [1.29, 1.82) is 0 Å². The van der Waals surface area contributed by atoms with Gasteiger partial charge in [-0.2, -0.15) is 0 Å². The molecular weight excluding hydrogens is 439 g/mol. The fourth-order valence-electron chi connectivity index (χ4n) is 3.45. The van der Waals surface area contributed by atoms with Crippen LogP contribution in [0.4, 0.5) is 10.1 Å². The maximum absolute atomic E-state index is 14.4. The average Bonchev–Trinajstić information content (AvgIpc) is 2.98. The first kappa shape index (κ1) is 19.6. The minimum atomic E-state index is -0.517. The van der Waals surface area contributed by atoms with Crippen LogP contribution in [0.15, 0.2) is 40.9 Å². The van der Waals surface area contributed by atoms with Gasteiger partial charge < -0.3 is 14.6 Å². The number of anilines is 1. The van der Waals surface area contributed by atoms with E-state index in [1.54, 1.807) is 30.3 Å².